The van der Waals surface area contributed by atoms with Gasteiger partial charge in [-0.05, 0) is 6.92 Å². The van der Waals surface area contributed by atoms with E-state index in [1.54, 1.807) is 6.92 Å². The number of ether oxygens (including phenoxy) is 1. The van der Waals surface area contributed by atoms with Crippen LogP contribution in [0.2, 0.25) is 0 Å². The first-order valence-corrected chi connectivity index (χ1v) is 3.31. The number of aliphatic hydroxyl groups is 1. The van der Waals surface area contributed by atoms with Crippen LogP contribution in [0, 0.1) is 0 Å². The van der Waals surface area contributed by atoms with Crippen molar-refractivity contribution in [3.8, 4) is 0 Å². The van der Waals surface area contributed by atoms with E-state index in [9.17, 15) is 0 Å². The van der Waals surface area contributed by atoms with Crippen molar-refractivity contribution in [1.29, 1.82) is 0 Å². The number of hydrogen-bond donors (Lipinski definition) is 2. The van der Waals surface area contributed by atoms with Gasteiger partial charge in [0.15, 0.2) is 0 Å². The van der Waals surface area contributed by atoms with Crippen LogP contribution in [0.25, 0.3) is 0 Å². The average molecular weight is 131 g/mol. The molecule has 0 aromatic carbocycles. The highest BCUT2D eigenvalue weighted by Gasteiger charge is 2.17. The SMILES string of the molecule is C[C@H](O)[C@H]1CNCCO1. The van der Waals surface area contributed by atoms with Crippen LogP contribution in [0.3, 0.4) is 0 Å². The van der Waals surface area contributed by atoms with Crippen molar-refractivity contribution in [2.24, 2.45) is 0 Å². The third kappa shape index (κ3) is 1.93. The van der Waals surface area contributed by atoms with Gasteiger partial charge in [-0.25, -0.2) is 0 Å². The van der Waals surface area contributed by atoms with Crippen molar-refractivity contribution in [2.75, 3.05) is 19.7 Å². The summed E-state index contributed by atoms with van der Waals surface area (Å²) in [5.74, 6) is 0. The van der Waals surface area contributed by atoms with Crippen molar-refractivity contribution in [3.05, 3.63) is 0 Å². The predicted molar refractivity (Wildman–Crippen MR) is 34.3 cm³/mol. The molecule has 0 amide bonds. The van der Waals surface area contributed by atoms with Crippen molar-refractivity contribution in [3.63, 3.8) is 0 Å². The number of nitrogens with one attached hydrogen (secondary N) is 1. The maximum absolute atomic E-state index is 9.01. The number of morpholine rings is 1. The van der Waals surface area contributed by atoms with Crippen LogP contribution >= 0.6 is 0 Å². The molecule has 0 spiro atoms. The van der Waals surface area contributed by atoms with Crippen LogP contribution < -0.4 is 5.32 Å². The van der Waals surface area contributed by atoms with Gasteiger partial charge >= 0.3 is 0 Å². The first-order chi connectivity index (χ1) is 4.30. The normalized spacial score (nSPS) is 32.0. The molecule has 1 rings (SSSR count). The minimum Gasteiger partial charge on any atom is -0.391 e. The van der Waals surface area contributed by atoms with Crippen LogP contribution in [-0.2, 0) is 4.74 Å². The summed E-state index contributed by atoms with van der Waals surface area (Å²) < 4.78 is 5.23. The Morgan fingerprint density at radius 3 is 2.89 bits per heavy atom. The highest BCUT2D eigenvalue weighted by atomic mass is 16.5. The van der Waals surface area contributed by atoms with E-state index in [-0.39, 0.29) is 12.2 Å². The number of rotatable bonds is 1. The van der Waals surface area contributed by atoms with Crippen molar-refractivity contribution >= 4 is 0 Å². The van der Waals surface area contributed by atoms with E-state index in [4.69, 9.17) is 9.84 Å². The van der Waals surface area contributed by atoms with E-state index in [0.29, 0.717) is 0 Å². The molecule has 0 radical (unpaired) electrons. The van der Waals surface area contributed by atoms with Gasteiger partial charge in [-0.15, -0.1) is 0 Å². The summed E-state index contributed by atoms with van der Waals surface area (Å²) in [6.45, 7) is 4.15. The molecule has 1 fully saturated rings. The van der Waals surface area contributed by atoms with Gasteiger partial charge in [0.2, 0.25) is 0 Å². The van der Waals surface area contributed by atoms with Gasteiger partial charge in [0.05, 0.1) is 18.8 Å². The van der Waals surface area contributed by atoms with E-state index in [0.717, 1.165) is 19.7 Å². The van der Waals surface area contributed by atoms with Gasteiger partial charge in [-0.3, -0.25) is 0 Å². The Bertz CT molecular complexity index is 79.1. The summed E-state index contributed by atoms with van der Waals surface area (Å²) >= 11 is 0. The predicted octanol–water partition coefficient (Wildman–Crippen LogP) is -0.644. The van der Waals surface area contributed by atoms with Crippen LogP contribution in [-0.4, -0.2) is 37.0 Å². The van der Waals surface area contributed by atoms with E-state index in [1.165, 1.54) is 0 Å². The maximum Gasteiger partial charge on any atom is 0.0955 e. The molecule has 3 heteroatoms. The topological polar surface area (TPSA) is 41.5 Å². The molecule has 0 unspecified atom stereocenters. The standard InChI is InChI=1S/C6H13NO2/c1-5(8)6-4-7-2-3-9-6/h5-8H,2-4H2,1H3/t5-,6+/m0/s1. The molecule has 0 saturated carbocycles. The Hall–Kier alpha value is -0.120. The molecule has 1 aliphatic heterocycles. The Kier molecular flexibility index (Phi) is 2.45. The largest absolute Gasteiger partial charge is 0.391 e. The molecule has 1 aliphatic rings. The Labute approximate surface area is 55.0 Å². The van der Waals surface area contributed by atoms with Gasteiger partial charge in [-0.1, -0.05) is 0 Å². The van der Waals surface area contributed by atoms with Gasteiger partial charge < -0.3 is 15.2 Å². The molecular weight excluding hydrogens is 118 g/mol. The highest BCUT2D eigenvalue weighted by molar-refractivity contribution is 4.71. The Balaban J connectivity index is 2.23. The minimum atomic E-state index is -0.349. The average Bonchev–Trinajstić information content (AvgIpc) is 1.90. The second-order valence-corrected chi connectivity index (χ2v) is 2.35. The summed E-state index contributed by atoms with van der Waals surface area (Å²) in [6, 6.07) is 0. The van der Waals surface area contributed by atoms with E-state index < -0.39 is 0 Å². The molecule has 0 aromatic rings. The second kappa shape index (κ2) is 3.15. The van der Waals surface area contributed by atoms with E-state index >= 15 is 0 Å². The Morgan fingerprint density at radius 1 is 1.78 bits per heavy atom. The van der Waals surface area contributed by atoms with Crippen LogP contribution in [0.5, 0.6) is 0 Å². The molecule has 2 atom stereocenters. The summed E-state index contributed by atoms with van der Waals surface area (Å²) in [6.07, 6.45) is -0.350. The minimum absolute atomic E-state index is 0.00116. The molecule has 9 heavy (non-hydrogen) atoms. The molecule has 0 aromatic heterocycles. The molecule has 0 aliphatic carbocycles. The lowest BCUT2D eigenvalue weighted by atomic mass is 10.2. The maximum atomic E-state index is 9.01. The summed E-state index contributed by atoms with van der Waals surface area (Å²) in [5, 5.41) is 12.1. The smallest absolute Gasteiger partial charge is 0.0955 e. The van der Waals surface area contributed by atoms with Gasteiger partial charge in [0.1, 0.15) is 0 Å². The lowest BCUT2D eigenvalue weighted by Crippen LogP contribution is -2.43. The molecule has 54 valence electrons. The Morgan fingerprint density at radius 2 is 2.56 bits per heavy atom. The fourth-order valence-corrected chi connectivity index (χ4v) is 0.896. The van der Waals surface area contributed by atoms with Crippen LogP contribution in [0.15, 0.2) is 0 Å². The molecule has 2 N–H and O–H groups in total. The monoisotopic (exact) mass is 131 g/mol. The molecule has 1 heterocycles. The van der Waals surface area contributed by atoms with Crippen LogP contribution in [0.1, 0.15) is 6.92 Å². The first-order valence-electron chi connectivity index (χ1n) is 3.31. The summed E-state index contributed by atoms with van der Waals surface area (Å²) in [5.41, 5.74) is 0. The summed E-state index contributed by atoms with van der Waals surface area (Å²) in [4.78, 5) is 0. The highest BCUT2D eigenvalue weighted by Crippen LogP contribution is 2.00. The van der Waals surface area contributed by atoms with Gasteiger partial charge in [0, 0.05) is 13.1 Å². The molecule has 1 saturated heterocycles. The third-order valence-corrected chi connectivity index (χ3v) is 1.49. The lowest BCUT2D eigenvalue weighted by molar-refractivity contribution is -0.0445. The quantitative estimate of drug-likeness (QED) is 0.497. The van der Waals surface area contributed by atoms with Crippen LogP contribution in [0.4, 0.5) is 0 Å². The molecule has 3 nitrogen and oxygen atoms in total. The van der Waals surface area contributed by atoms with Gasteiger partial charge in [-0.2, -0.15) is 0 Å². The number of aliphatic hydroxyl groups excluding tert-OH is 1. The molecule has 0 bridgehead atoms. The molecular formula is C6H13NO2. The zero-order valence-electron chi connectivity index (χ0n) is 5.63. The fourth-order valence-electron chi connectivity index (χ4n) is 0.896. The fraction of sp³-hybridized carbons (Fsp3) is 1.00. The zero-order chi connectivity index (χ0) is 6.69. The number of hydrogen-bond acceptors (Lipinski definition) is 3. The van der Waals surface area contributed by atoms with Crippen molar-refractivity contribution in [2.45, 2.75) is 19.1 Å². The van der Waals surface area contributed by atoms with Crippen molar-refractivity contribution < 1.29 is 9.84 Å². The lowest BCUT2D eigenvalue weighted by Gasteiger charge is -2.25. The zero-order valence-corrected chi connectivity index (χ0v) is 5.63. The first kappa shape index (κ1) is 6.99. The summed E-state index contributed by atoms with van der Waals surface area (Å²) in [7, 11) is 0. The van der Waals surface area contributed by atoms with E-state index in [2.05, 4.69) is 5.32 Å². The van der Waals surface area contributed by atoms with E-state index in [1.807, 2.05) is 0 Å². The third-order valence-electron chi connectivity index (χ3n) is 1.49. The second-order valence-electron chi connectivity index (χ2n) is 2.35. The van der Waals surface area contributed by atoms with Crippen molar-refractivity contribution in [1.82, 2.24) is 5.32 Å². The van der Waals surface area contributed by atoms with Gasteiger partial charge in [0.25, 0.3) is 0 Å².